The summed E-state index contributed by atoms with van der Waals surface area (Å²) in [6, 6.07) is 13.4. The molecule has 0 fully saturated rings. The van der Waals surface area contributed by atoms with Gasteiger partial charge in [-0.25, -0.2) is 0 Å². The van der Waals surface area contributed by atoms with Crippen LogP contribution in [0.4, 0.5) is 11.5 Å². The molecule has 2 aromatic heterocycles. The topological polar surface area (TPSA) is 64.3 Å². The number of ether oxygens (including phenoxy) is 1. The van der Waals surface area contributed by atoms with E-state index < -0.39 is 0 Å². The van der Waals surface area contributed by atoms with E-state index in [-0.39, 0.29) is 0 Å². The maximum Gasteiger partial charge on any atom is 0.257 e. The zero-order chi connectivity index (χ0) is 19.0. The first-order chi connectivity index (χ1) is 13.0. The number of rotatable bonds is 4. The monoisotopic (exact) mass is 379 g/mol. The summed E-state index contributed by atoms with van der Waals surface area (Å²) in [5.74, 6) is 2.40. The van der Waals surface area contributed by atoms with Crippen molar-refractivity contribution in [3.63, 3.8) is 0 Å². The maximum atomic E-state index is 6.22. The Morgan fingerprint density at radius 1 is 1.00 bits per heavy atom. The molecule has 0 amide bonds. The largest absolute Gasteiger partial charge is 0.438 e. The van der Waals surface area contributed by atoms with Gasteiger partial charge in [-0.15, -0.1) is 0 Å². The second kappa shape index (κ2) is 6.89. The summed E-state index contributed by atoms with van der Waals surface area (Å²) in [4.78, 5) is 8.68. The molecular formula is C20H18ClN5O. The van der Waals surface area contributed by atoms with E-state index in [1.54, 1.807) is 10.6 Å². The highest BCUT2D eigenvalue weighted by atomic mass is 35.5. The van der Waals surface area contributed by atoms with Gasteiger partial charge in [-0.3, -0.25) is 0 Å². The van der Waals surface area contributed by atoms with E-state index in [0.29, 0.717) is 22.5 Å². The van der Waals surface area contributed by atoms with Crippen molar-refractivity contribution in [2.24, 2.45) is 0 Å². The summed E-state index contributed by atoms with van der Waals surface area (Å²) in [6.45, 7) is 6.13. The van der Waals surface area contributed by atoms with Crippen molar-refractivity contribution in [1.82, 2.24) is 19.6 Å². The van der Waals surface area contributed by atoms with Crippen LogP contribution < -0.4 is 10.1 Å². The molecule has 0 aliphatic carbocycles. The van der Waals surface area contributed by atoms with Crippen LogP contribution in [0, 0.1) is 20.8 Å². The Morgan fingerprint density at radius 2 is 1.70 bits per heavy atom. The number of hydrogen-bond acceptors (Lipinski definition) is 5. The highest BCUT2D eigenvalue weighted by molar-refractivity contribution is 6.30. The molecule has 27 heavy (non-hydrogen) atoms. The predicted molar refractivity (Wildman–Crippen MR) is 106 cm³/mol. The summed E-state index contributed by atoms with van der Waals surface area (Å²) < 4.78 is 7.80. The Morgan fingerprint density at radius 3 is 2.41 bits per heavy atom. The summed E-state index contributed by atoms with van der Waals surface area (Å²) >= 11 is 5.95. The predicted octanol–water partition coefficient (Wildman–Crippen LogP) is 5.24. The van der Waals surface area contributed by atoms with Crippen molar-refractivity contribution in [2.45, 2.75) is 20.8 Å². The molecule has 0 atom stereocenters. The third kappa shape index (κ3) is 3.57. The molecule has 2 aromatic carbocycles. The van der Waals surface area contributed by atoms with E-state index in [4.69, 9.17) is 16.3 Å². The minimum atomic E-state index is 0.450. The second-order valence-corrected chi connectivity index (χ2v) is 6.85. The normalized spacial score (nSPS) is 11.0. The van der Waals surface area contributed by atoms with Gasteiger partial charge < -0.3 is 10.1 Å². The number of nitrogens with one attached hydrogen (secondary N) is 1. The molecule has 0 unspecified atom stereocenters. The molecule has 6 nitrogen and oxygen atoms in total. The molecule has 0 aliphatic heterocycles. The Labute approximate surface area is 161 Å². The maximum absolute atomic E-state index is 6.22. The Balaban J connectivity index is 1.74. The van der Waals surface area contributed by atoms with Crippen molar-refractivity contribution in [1.29, 1.82) is 0 Å². The number of nitrogens with zero attached hydrogens (tertiary/aromatic N) is 4. The first kappa shape index (κ1) is 17.3. The number of benzene rings is 2. The quantitative estimate of drug-likeness (QED) is 0.525. The van der Waals surface area contributed by atoms with Crippen LogP contribution in [0.25, 0.3) is 5.78 Å². The number of fused-ring (bicyclic) bond motifs is 1. The number of aryl methyl sites for hydroxylation is 3. The highest BCUT2D eigenvalue weighted by Crippen LogP contribution is 2.31. The van der Waals surface area contributed by atoms with Crippen LogP contribution in [0.3, 0.4) is 0 Å². The average molecular weight is 380 g/mol. The van der Waals surface area contributed by atoms with E-state index in [9.17, 15) is 0 Å². The SMILES string of the molecule is Cc1cc(C)c(Oc2cc(Nc3ccc(Cl)cc3)nc3ncnn23)c(C)c1. The van der Waals surface area contributed by atoms with Gasteiger partial charge in [0.2, 0.25) is 5.88 Å². The van der Waals surface area contributed by atoms with Crippen molar-refractivity contribution in [2.75, 3.05) is 5.32 Å². The fourth-order valence-corrected chi connectivity index (χ4v) is 3.16. The van der Waals surface area contributed by atoms with E-state index in [1.165, 1.54) is 11.9 Å². The average Bonchev–Trinajstić information content (AvgIpc) is 3.08. The number of halogens is 1. The summed E-state index contributed by atoms with van der Waals surface area (Å²) in [5.41, 5.74) is 4.18. The van der Waals surface area contributed by atoms with E-state index in [1.807, 2.05) is 38.1 Å². The third-order valence-corrected chi connectivity index (χ3v) is 4.40. The molecule has 1 N–H and O–H groups in total. The fraction of sp³-hybridized carbons (Fsp3) is 0.150. The van der Waals surface area contributed by atoms with Crippen LogP contribution in [0.1, 0.15) is 16.7 Å². The molecule has 2 heterocycles. The molecular weight excluding hydrogens is 362 g/mol. The third-order valence-electron chi connectivity index (χ3n) is 4.15. The number of hydrogen-bond donors (Lipinski definition) is 1. The van der Waals surface area contributed by atoms with Crippen LogP contribution in [-0.4, -0.2) is 19.6 Å². The van der Waals surface area contributed by atoms with Gasteiger partial charge in [0.15, 0.2) is 0 Å². The number of aromatic nitrogens is 4. The van der Waals surface area contributed by atoms with Gasteiger partial charge in [-0.2, -0.15) is 19.6 Å². The lowest BCUT2D eigenvalue weighted by Crippen LogP contribution is -2.03. The van der Waals surface area contributed by atoms with E-state index >= 15 is 0 Å². The Bertz CT molecular complexity index is 1100. The summed E-state index contributed by atoms with van der Waals surface area (Å²) in [7, 11) is 0. The summed E-state index contributed by atoms with van der Waals surface area (Å²) in [5, 5.41) is 8.15. The minimum Gasteiger partial charge on any atom is -0.438 e. The molecule has 0 aliphatic rings. The molecule has 0 radical (unpaired) electrons. The van der Waals surface area contributed by atoms with Gasteiger partial charge in [-0.05, 0) is 56.2 Å². The van der Waals surface area contributed by atoms with Crippen molar-refractivity contribution in [3.8, 4) is 11.6 Å². The zero-order valence-corrected chi connectivity index (χ0v) is 15.9. The van der Waals surface area contributed by atoms with Crippen LogP contribution >= 0.6 is 11.6 Å². The first-order valence-electron chi connectivity index (χ1n) is 8.49. The van der Waals surface area contributed by atoms with Gasteiger partial charge in [0.1, 0.15) is 17.9 Å². The van der Waals surface area contributed by atoms with Crippen LogP contribution in [0.15, 0.2) is 48.8 Å². The lowest BCUT2D eigenvalue weighted by atomic mass is 10.1. The first-order valence-corrected chi connectivity index (χ1v) is 8.86. The van der Waals surface area contributed by atoms with Gasteiger partial charge >= 0.3 is 0 Å². The molecule has 7 heteroatoms. The lowest BCUT2D eigenvalue weighted by Gasteiger charge is -2.14. The van der Waals surface area contributed by atoms with Gasteiger partial charge in [-0.1, -0.05) is 29.3 Å². The van der Waals surface area contributed by atoms with E-state index in [0.717, 1.165) is 22.6 Å². The minimum absolute atomic E-state index is 0.450. The summed E-state index contributed by atoms with van der Waals surface area (Å²) in [6.07, 6.45) is 1.45. The molecule has 0 saturated heterocycles. The fourth-order valence-electron chi connectivity index (χ4n) is 3.04. The molecule has 136 valence electrons. The molecule has 0 spiro atoms. The van der Waals surface area contributed by atoms with Crippen molar-refractivity contribution in [3.05, 3.63) is 70.5 Å². The van der Waals surface area contributed by atoms with Crippen molar-refractivity contribution < 1.29 is 4.74 Å². The smallest absolute Gasteiger partial charge is 0.257 e. The molecule has 4 rings (SSSR count). The number of anilines is 2. The molecule has 0 saturated carbocycles. The zero-order valence-electron chi connectivity index (χ0n) is 15.2. The van der Waals surface area contributed by atoms with Gasteiger partial charge in [0.05, 0.1) is 0 Å². The second-order valence-electron chi connectivity index (χ2n) is 6.41. The van der Waals surface area contributed by atoms with Crippen molar-refractivity contribution >= 4 is 28.9 Å². The highest BCUT2D eigenvalue weighted by Gasteiger charge is 2.13. The molecule has 4 aromatic rings. The van der Waals surface area contributed by atoms with Gasteiger partial charge in [0, 0.05) is 16.8 Å². The van der Waals surface area contributed by atoms with Crippen LogP contribution in [0.5, 0.6) is 11.6 Å². The van der Waals surface area contributed by atoms with Crippen LogP contribution in [0.2, 0.25) is 5.02 Å². The van der Waals surface area contributed by atoms with E-state index in [2.05, 4.69) is 39.4 Å². The van der Waals surface area contributed by atoms with Crippen LogP contribution in [-0.2, 0) is 0 Å². The Kier molecular flexibility index (Phi) is 4.41. The lowest BCUT2D eigenvalue weighted by molar-refractivity contribution is 0.440. The standard InChI is InChI=1S/C20H18ClN5O/c1-12-8-13(2)19(14(3)9-12)27-18-10-17(25-20-22-11-23-26(18)20)24-16-6-4-15(21)5-7-16/h4-11H,1-3H3,(H,22,23,24,25). The Hall–Kier alpha value is -3.12. The molecule has 0 bridgehead atoms. The van der Waals surface area contributed by atoms with Gasteiger partial charge in [0.25, 0.3) is 5.78 Å².